The second-order valence-electron chi connectivity index (χ2n) is 5.56. The monoisotopic (exact) mass is 350 g/mol. The molecule has 1 nitrogen and oxygen atoms in total. The van der Waals surface area contributed by atoms with E-state index in [1.165, 1.54) is 19.1 Å². The van der Waals surface area contributed by atoms with Gasteiger partial charge in [-0.15, -0.1) is 0 Å². The number of hydrogen-bond donors (Lipinski definition) is 0. The summed E-state index contributed by atoms with van der Waals surface area (Å²) in [5, 5.41) is 0.870. The maximum Gasteiger partial charge on any atom is 0.155 e. The summed E-state index contributed by atoms with van der Waals surface area (Å²) < 4.78 is 14.1. The molecule has 120 valence electrons. The summed E-state index contributed by atoms with van der Waals surface area (Å²) in [6.45, 7) is 6.99. The van der Waals surface area contributed by atoms with E-state index in [-0.39, 0.29) is 11.6 Å². The van der Waals surface area contributed by atoms with E-state index in [9.17, 15) is 9.18 Å². The molecule has 23 heavy (non-hydrogen) atoms. The summed E-state index contributed by atoms with van der Waals surface area (Å²) in [4.78, 5) is 11.6. The van der Waals surface area contributed by atoms with E-state index in [1.54, 1.807) is 25.1 Å². The van der Waals surface area contributed by atoms with Gasteiger partial charge in [0.1, 0.15) is 5.82 Å². The van der Waals surface area contributed by atoms with E-state index in [0.717, 1.165) is 27.8 Å². The van der Waals surface area contributed by atoms with Crippen LogP contribution < -0.4 is 0 Å². The van der Waals surface area contributed by atoms with Gasteiger partial charge >= 0.3 is 0 Å². The second-order valence-corrected chi connectivity index (χ2v) is 6.38. The zero-order chi connectivity index (χ0) is 17.3. The average Bonchev–Trinajstić information content (AvgIpc) is 2.50. The lowest BCUT2D eigenvalue weighted by atomic mass is 9.90. The number of allylic oxidation sites excluding steroid dienone is 2. The van der Waals surface area contributed by atoms with Gasteiger partial charge in [0, 0.05) is 0 Å². The van der Waals surface area contributed by atoms with E-state index in [1.807, 2.05) is 13.8 Å². The molecule has 0 aliphatic heterocycles. The molecule has 0 amide bonds. The molecule has 0 heterocycles. The van der Waals surface area contributed by atoms with Gasteiger partial charge in [-0.05, 0) is 85.4 Å². The number of Topliss-reactive ketones (excluding diaryl/α,β-unsaturated/α-hetero) is 1. The highest BCUT2D eigenvalue weighted by Gasteiger charge is 2.14. The molecule has 0 saturated heterocycles. The predicted molar refractivity (Wildman–Crippen MR) is 95.5 cm³/mol. The number of hydrogen-bond acceptors (Lipinski definition) is 1. The Labute approximate surface area is 145 Å². The molecular formula is C19H17Cl2FO. The molecule has 4 heteroatoms. The normalized spacial score (nSPS) is 12.1. The molecule has 0 saturated carbocycles. The van der Waals surface area contributed by atoms with E-state index in [2.05, 4.69) is 0 Å². The fourth-order valence-electron chi connectivity index (χ4n) is 2.50. The Morgan fingerprint density at radius 1 is 1.00 bits per heavy atom. The number of carbonyl (C=O) groups excluding carboxylic acids is 1. The Morgan fingerprint density at radius 2 is 1.65 bits per heavy atom. The lowest BCUT2D eigenvalue weighted by Gasteiger charge is -2.15. The summed E-state index contributed by atoms with van der Waals surface area (Å²) in [6, 6.07) is 8.13. The number of benzene rings is 2. The first-order chi connectivity index (χ1) is 10.7. The van der Waals surface area contributed by atoms with Crippen molar-refractivity contribution in [1.29, 1.82) is 0 Å². The number of ketones is 1. The summed E-state index contributed by atoms with van der Waals surface area (Å²) >= 11 is 12.0. The van der Waals surface area contributed by atoms with Crippen molar-refractivity contribution in [3.63, 3.8) is 0 Å². The quantitative estimate of drug-likeness (QED) is 0.578. The van der Waals surface area contributed by atoms with Crippen LogP contribution in [0.25, 0.3) is 16.7 Å². The van der Waals surface area contributed by atoms with Crippen LogP contribution in [0.3, 0.4) is 0 Å². The minimum atomic E-state index is -0.359. The van der Waals surface area contributed by atoms with Crippen molar-refractivity contribution in [3.8, 4) is 11.1 Å². The summed E-state index contributed by atoms with van der Waals surface area (Å²) in [5.41, 5.74) is 4.52. The van der Waals surface area contributed by atoms with Crippen LogP contribution in [-0.2, 0) is 4.79 Å². The fraction of sp³-hybridized carbons (Fsp3) is 0.211. The molecule has 0 atom stereocenters. The molecule has 0 unspecified atom stereocenters. The highest BCUT2D eigenvalue weighted by Crippen LogP contribution is 2.34. The maximum atomic E-state index is 14.1. The van der Waals surface area contributed by atoms with E-state index in [0.29, 0.717) is 15.6 Å². The Balaban J connectivity index is 2.71. The van der Waals surface area contributed by atoms with E-state index >= 15 is 0 Å². The lowest BCUT2D eigenvalue weighted by Crippen LogP contribution is -1.99. The average molecular weight is 351 g/mol. The lowest BCUT2D eigenvalue weighted by molar-refractivity contribution is -0.113. The van der Waals surface area contributed by atoms with E-state index < -0.39 is 0 Å². The van der Waals surface area contributed by atoms with Crippen LogP contribution in [0.1, 0.15) is 31.9 Å². The molecule has 2 aromatic carbocycles. The van der Waals surface area contributed by atoms with Crippen LogP contribution >= 0.6 is 23.2 Å². The van der Waals surface area contributed by atoms with Gasteiger partial charge in [0.15, 0.2) is 5.78 Å². The molecule has 0 radical (unpaired) electrons. The van der Waals surface area contributed by atoms with Crippen molar-refractivity contribution in [3.05, 3.63) is 62.9 Å². The third-order valence-electron chi connectivity index (χ3n) is 4.10. The molecule has 0 aliphatic carbocycles. The van der Waals surface area contributed by atoms with Crippen molar-refractivity contribution in [2.75, 3.05) is 0 Å². The van der Waals surface area contributed by atoms with Crippen molar-refractivity contribution in [2.45, 2.75) is 27.7 Å². The van der Waals surface area contributed by atoms with Crippen LogP contribution in [0.15, 0.2) is 35.9 Å². The molecule has 0 N–H and O–H groups in total. The molecule has 0 aliphatic rings. The minimum absolute atomic E-state index is 0.0257. The van der Waals surface area contributed by atoms with Crippen LogP contribution in [0.4, 0.5) is 4.39 Å². The van der Waals surface area contributed by atoms with Crippen molar-refractivity contribution < 1.29 is 9.18 Å². The molecule has 0 aromatic heterocycles. The summed E-state index contributed by atoms with van der Waals surface area (Å²) in [5.74, 6) is -0.385. The second kappa shape index (κ2) is 6.86. The third-order valence-corrected chi connectivity index (χ3v) is 4.84. The SMILES string of the molecule is CC(=O)/C(C)=C(\C)c1cc(F)cc(-c2ccc(Cl)c(Cl)c2)c1C. The molecule has 0 bridgehead atoms. The molecule has 0 spiro atoms. The topological polar surface area (TPSA) is 17.1 Å². The van der Waals surface area contributed by atoms with E-state index in [4.69, 9.17) is 23.2 Å². The standard InChI is InChI=1S/C19H17Cl2FO/c1-10(13(4)23)11(2)16-8-15(22)9-17(12(16)3)14-5-6-18(20)19(21)7-14/h5-9H,1-4H3/b11-10+. The Bertz CT molecular complexity index is 822. The molecule has 0 fully saturated rings. The van der Waals surface area contributed by atoms with Crippen LogP contribution in [0, 0.1) is 12.7 Å². The van der Waals surface area contributed by atoms with Gasteiger partial charge in [-0.3, -0.25) is 4.79 Å². The highest BCUT2D eigenvalue weighted by molar-refractivity contribution is 6.42. The number of carbonyl (C=O) groups is 1. The van der Waals surface area contributed by atoms with Gasteiger partial charge in [-0.2, -0.15) is 0 Å². The smallest absolute Gasteiger partial charge is 0.155 e. The zero-order valence-corrected chi connectivity index (χ0v) is 14.9. The van der Waals surface area contributed by atoms with Gasteiger partial charge in [-0.25, -0.2) is 4.39 Å². The van der Waals surface area contributed by atoms with Crippen LogP contribution in [0.2, 0.25) is 10.0 Å². The molecule has 2 aromatic rings. The van der Waals surface area contributed by atoms with Crippen molar-refractivity contribution in [1.82, 2.24) is 0 Å². The van der Waals surface area contributed by atoms with Crippen molar-refractivity contribution in [2.24, 2.45) is 0 Å². The fourth-order valence-corrected chi connectivity index (χ4v) is 2.80. The van der Waals surface area contributed by atoms with Crippen molar-refractivity contribution >= 4 is 34.6 Å². The molecular weight excluding hydrogens is 334 g/mol. The zero-order valence-electron chi connectivity index (χ0n) is 13.4. The first-order valence-electron chi connectivity index (χ1n) is 7.16. The Morgan fingerprint density at radius 3 is 2.22 bits per heavy atom. The van der Waals surface area contributed by atoms with Gasteiger partial charge in [0.25, 0.3) is 0 Å². The van der Waals surface area contributed by atoms with Crippen LogP contribution in [0.5, 0.6) is 0 Å². The minimum Gasteiger partial charge on any atom is -0.295 e. The maximum absolute atomic E-state index is 14.1. The Hall–Kier alpha value is -1.64. The Kier molecular flexibility index (Phi) is 5.28. The van der Waals surface area contributed by atoms with Gasteiger partial charge in [0.05, 0.1) is 10.0 Å². The molecule has 2 rings (SSSR count). The van der Waals surface area contributed by atoms with Gasteiger partial charge < -0.3 is 0 Å². The van der Waals surface area contributed by atoms with Crippen LogP contribution in [-0.4, -0.2) is 5.78 Å². The largest absolute Gasteiger partial charge is 0.295 e. The van der Waals surface area contributed by atoms with Gasteiger partial charge in [0.2, 0.25) is 0 Å². The third kappa shape index (κ3) is 3.65. The first kappa shape index (κ1) is 17.7. The highest BCUT2D eigenvalue weighted by atomic mass is 35.5. The van der Waals surface area contributed by atoms with Gasteiger partial charge in [-0.1, -0.05) is 29.3 Å². The number of rotatable bonds is 3. The predicted octanol–water partition coefficient (Wildman–Crippen LogP) is 6.49. The number of halogens is 3. The summed E-state index contributed by atoms with van der Waals surface area (Å²) in [6.07, 6.45) is 0. The first-order valence-corrected chi connectivity index (χ1v) is 7.92. The summed E-state index contributed by atoms with van der Waals surface area (Å²) in [7, 11) is 0.